The van der Waals surface area contributed by atoms with Crippen molar-refractivity contribution in [3.05, 3.63) is 0 Å². The van der Waals surface area contributed by atoms with Crippen molar-refractivity contribution in [2.75, 3.05) is 6.61 Å². The second-order valence-corrected chi connectivity index (χ2v) is 7.00. The highest BCUT2D eigenvalue weighted by atomic mass is 127. The van der Waals surface area contributed by atoms with Crippen LogP contribution in [0, 0.1) is 0 Å². The summed E-state index contributed by atoms with van der Waals surface area (Å²) in [6, 6.07) is 0. The second kappa shape index (κ2) is 7.89. The lowest BCUT2D eigenvalue weighted by Crippen LogP contribution is -2.24. The summed E-state index contributed by atoms with van der Waals surface area (Å²) in [7, 11) is 0. The zero-order chi connectivity index (χ0) is 13.5. The van der Waals surface area contributed by atoms with Crippen molar-refractivity contribution < 1.29 is 19.1 Å². The molecule has 0 aromatic carbocycles. The van der Waals surface area contributed by atoms with Gasteiger partial charge < -0.3 is 9.47 Å². The fourth-order valence-electron chi connectivity index (χ4n) is 1.00. The molecule has 4 nitrogen and oxygen atoms in total. The fourth-order valence-corrected chi connectivity index (χ4v) is 1.26. The van der Waals surface area contributed by atoms with E-state index in [-0.39, 0.29) is 24.8 Å². The van der Waals surface area contributed by atoms with Crippen molar-refractivity contribution in [2.45, 2.75) is 56.5 Å². The molecule has 0 aliphatic rings. The van der Waals surface area contributed by atoms with Crippen molar-refractivity contribution in [2.24, 2.45) is 0 Å². The van der Waals surface area contributed by atoms with E-state index in [2.05, 4.69) is 29.5 Å². The van der Waals surface area contributed by atoms with Crippen molar-refractivity contribution in [1.29, 1.82) is 0 Å². The number of alkyl halides is 1. The first-order valence-corrected chi connectivity index (χ1v) is 6.97. The number of hydrogen-bond acceptors (Lipinski definition) is 4. The van der Waals surface area contributed by atoms with Crippen LogP contribution in [0.4, 0.5) is 0 Å². The van der Waals surface area contributed by atoms with Crippen LogP contribution in [0.1, 0.15) is 47.0 Å². The summed E-state index contributed by atoms with van der Waals surface area (Å²) < 4.78 is 10.5. The van der Waals surface area contributed by atoms with Crippen LogP contribution in [0.3, 0.4) is 0 Å². The summed E-state index contributed by atoms with van der Waals surface area (Å²) in [6.45, 7) is 7.85. The molecule has 17 heavy (non-hydrogen) atoms. The number of carbonyl (C=O) groups excluding carboxylic acids is 2. The lowest BCUT2D eigenvalue weighted by Gasteiger charge is -2.19. The maximum absolute atomic E-state index is 11.3. The number of esters is 2. The minimum Gasteiger partial charge on any atom is -0.466 e. The van der Waals surface area contributed by atoms with Gasteiger partial charge in [0.2, 0.25) is 0 Å². The molecule has 0 spiro atoms. The van der Waals surface area contributed by atoms with Gasteiger partial charge in [-0.15, -0.1) is 0 Å². The fraction of sp³-hybridized carbons (Fsp3) is 0.833. The van der Waals surface area contributed by atoms with Crippen LogP contribution in [0.15, 0.2) is 0 Å². The zero-order valence-electron chi connectivity index (χ0n) is 10.9. The van der Waals surface area contributed by atoms with E-state index in [9.17, 15) is 9.59 Å². The second-order valence-electron chi connectivity index (χ2n) is 4.88. The zero-order valence-corrected chi connectivity index (χ0v) is 13.1. The predicted octanol–water partition coefficient (Wildman–Crippen LogP) is 2.87. The van der Waals surface area contributed by atoms with E-state index in [4.69, 9.17) is 9.47 Å². The first kappa shape index (κ1) is 16.7. The van der Waals surface area contributed by atoms with Gasteiger partial charge in [0.1, 0.15) is 5.60 Å². The average Bonchev–Trinajstić information content (AvgIpc) is 2.11. The molecule has 1 atom stereocenters. The third-order valence-electron chi connectivity index (χ3n) is 1.73. The number of hydrogen-bond donors (Lipinski definition) is 0. The number of ether oxygens (including phenoxy) is 2. The number of halogens is 1. The Morgan fingerprint density at radius 1 is 1.18 bits per heavy atom. The van der Waals surface area contributed by atoms with Crippen molar-refractivity contribution >= 4 is 34.5 Å². The standard InChI is InChI=1S/C12H21IO4/c1-9(13)7-8-16-10(14)5-6-11(15)17-12(2,3)4/h9H,5-8H2,1-4H3. The lowest BCUT2D eigenvalue weighted by molar-refractivity contribution is -0.158. The Labute approximate surface area is 117 Å². The van der Waals surface area contributed by atoms with Gasteiger partial charge >= 0.3 is 11.9 Å². The Kier molecular flexibility index (Phi) is 7.74. The van der Waals surface area contributed by atoms with Crippen LogP contribution >= 0.6 is 22.6 Å². The maximum Gasteiger partial charge on any atom is 0.306 e. The quantitative estimate of drug-likeness (QED) is 0.417. The molecule has 0 rings (SSSR count). The molecule has 1 unspecified atom stereocenters. The van der Waals surface area contributed by atoms with Crippen LogP contribution in [-0.2, 0) is 19.1 Å². The van der Waals surface area contributed by atoms with E-state index in [0.717, 1.165) is 6.42 Å². The van der Waals surface area contributed by atoms with Crippen molar-refractivity contribution in [3.8, 4) is 0 Å². The normalized spacial score (nSPS) is 13.0. The molecule has 0 heterocycles. The smallest absolute Gasteiger partial charge is 0.306 e. The van der Waals surface area contributed by atoms with Crippen LogP contribution in [-0.4, -0.2) is 28.1 Å². The summed E-state index contributed by atoms with van der Waals surface area (Å²) in [5, 5.41) is 0. The van der Waals surface area contributed by atoms with Crippen LogP contribution in [0.5, 0.6) is 0 Å². The number of rotatable bonds is 6. The SMILES string of the molecule is CC(I)CCOC(=O)CCC(=O)OC(C)(C)C. The van der Waals surface area contributed by atoms with E-state index in [1.165, 1.54) is 0 Å². The molecule has 0 bridgehead atoms. The highest BCUT2D eigenvalue weighted by Crippen LogP contribution is 2.09. The van der Waals surface area contributed by atoms with E-state index >= 15 is 0 Å². The molecule has 0 N–H and O–H groups in total. The predicted molar refractivity (Wildman–Crippen MR) is 74.1 cm³/mol. The van der Waals surface area contributed by atoms with E-state index in [1.54, 1.807) is 20.8 Å². The largest absolute Gasteiger partial charge is 0.466 e. The topological polar surface area (TPSA) is 52.6 Å². The highest BCUT2D eigenvalue weighted by molar-refractivity contribution is 14.1. The van der Waals surface area contributed by atoms with Gasteiger partial charge in [0.15, 0.2) is 0 Å². The molecular weight excluding hydrogens is 335 g/mol. The summed E-state index contributed by atoms with van der Waals surface area (Å²) >= 11 is 2.27. The van der Waals surface area contributed by atoms with Crippen LogP contribution in [0.2, 0.25) is 0 Å². The molecule has 0 amide bonds. The third-order valence-corrected chi connectivity index (χ3v) is 2.35. The molecule has 5 heteroatoms. The Bertz CT molecular complexity index is 256. The first-order valence-electron chi connectivity index (χ1n) is 5.72. The van der Waals surface area contributed by atoms with E-state index < -0.39 is 5.60 Å². The molecule has 0 saturated heterocycles. The van der Waals surface area contributed by atoms with Gasteiger partial charge in [-0.05, 0) is 27.2 Å². The van der Waals surface area contributed by atoms with E-state index in [0.29, 0.717) is 10.5 Å². The Morgan fingerprint density at radius 2 is 1.71 bits per heavy atom. The lowest BCUT2D eigenvalue weighted by atomic mass is 10.2. The van der Waals surface area contributed by atoms with Crippen molar-refractivity contribution in [1.82, 2.24) is 0 Å². The molecule has 0 radical (unpaired) electrons. The summed E-state index contributed by atoms with van der Waals surface area (Å²) in [5.41, 5.74) is -0.502. The van der Waals surface area contributed by atoms with Gasteiger partial charge in [-0.1, -0.05) is 29.5 Å². The monoisotopic (exact) mass is 356 g/mol. The maximum atomic E-state index is 11.3. The highest BCUT2D eigenvalue weighted by Gasteiger charge is 2.17. The molecule has 0 aromatic rings. The van der Waals surface area contributed by atoms with Gasteiger partial charge in [0.25, 0.3) is 0 Å². The van der Waals surface area contributed by atoms with Crippen LogP contribution in [0.25, 0.3) is 0 Å². The van der Waals surface area contributed by atoms with Crippen molar-refractivity contribution in [3.63, 3.8) is 0 Å². The third kappa shape index (κ3) is 11.9. The van der Waals surface area contributed by atoms with E-state index in [1.807, 2.05) is 0 Å². The summed E-state index contributed by atoms with van der Waals surface area (Å²) in [6.07, 6.45) is 0.999. The molecular formula is C12H21IO4. The number of carbonyl (C=O) groups is 2. The Balaban J connectivity index is 3.67. The van der Waals surface area contributed by atoms with Crippen LogP contribution < -0.4 is 0 Å². The molecule has 100 valence electrons. The Hall–Kier alpha value is -0.330. The first-order chi connectivity index (χ1) is 7.70. The van der Waals surface area contributed by atoms with Gasteiger partial charge in [-0.25, -0.2) is 0 Å². The molecule has 0 aliphatic heterocycles. The van der Waals surface area contributed by atoms with Gasteiger partial charge in [-0.3, -0.25) is 9.59 Å². The van der Waals surface area contributed by atoms with Gasteiger partial charge in [0.05, 0.1) is 19.4 Å². The minimum atomic E-state index is -0.502. The van der Waals surface area contributed by atoms with Gasteiger partial charge in [-0.2, -0.15) is 0 Å². The average molecular weight is 356 g/mol. The minimum absolute atomic E-state index is 0.0793. The molecule has 0 fully saturated rings. The van der Waals surface area contributed by atoms with Gasteiger partial charge in [0, 0.05) is 3.92 Å². The Morgan fingerprint density at radius 3 is 2.18 bits per heavy atom. The molecule has 0 aromatic heterocycles. The molecule has 0 saturated carbocycles. The summed E-state index contributed by atoms with van der Waals surface area (Å²) in [4.78, 5) is 22.6. The summed E-state index contributed by atoms with van der Waals surface area (Å²) in [5.74, 6) is -0.704. The molecule has 0 aliphatic carbocycles.